The Kier molecular flexibility index (Phi) is 6.57. The highest BCUT2D eigenvalue weighted by molar-refractivity contribution is 8.16. The van der Waals surface area contributed by atoms with Crippen molar-refractivity contribution in [2.45, 2.75) is 36.1 Å². The van der Waals surface area contributed by atoms with Crippen molar-refractivity contribution in [2.24, 2.45) is 5.41 Å². The van der Waals surface area contributed by atoms with E-state index in [-0.39, 0.29) is 13.2 Å². The number of carbonyl (C=O) groups excluding carboxylic acids is 4. The normalized spacial score (nSPS) is 30.2. The van der Waals surface area contributed by atoms with E-state index in [4.69, 9.17) is 9.47 Å². The number of benzene rings is 1. The summed E-state index contributed by atoms with van der Waals surface area (Å²) >= 11 is 1.44. The molecule has 3 aliphatic heterocycles. The number of rotatable bonds is 3. The third kappa shape index (κ3) is 3.97. The Bertz CT molecular complexity index is 1230. The quantitative estimate of drug-likeness (QED) is 0.562. The Labute approximate surface area is 224 Å². The van der Waals surface area contributed by atoms with Crippen molar-refractivity contribution in [3.8, 4) is 17.6 Å². The molecule has 2 fully saturated rings. The van der Waals surface area contributed by atoms with E-state index in [0.29, 0.717) is 17.1 Å². The Balaban J connectivity index is 1.94. The van der Waals surface area contributed by atoms with Crippen LogP contribution in [-0.2, 0) is 9.59 Å². The van der Waals surface area contributed by atoms with Gasteiger partial charge in [0.1, 0.15) is 0 Å². The fraction of sp³-hybridized carbons (Fsp3) is 0.542. The van der Waals surface area contributed by atoms with Crippen molar-refractivity contribution >= 4 is 45.8 Å². The van der Waals surface area contributed by atoms with Crippen LogP contribution in [0.4, 0.5) is 9.59 Å². The molecule has 2 saturated heterocycles. The van der Waals surface area contributed by atoms with Gasteiger partial charge in [0.2, 0.25) is 6.79 Å². The molecule has 37 heavy (non-hydrogen) atoms. The summed E-state index contributed by atoms with van der Waals surface area (Å²) in [7, 11) is 7.67. The average Bonchev–Trinajstić information content (AvgIpc) is 3.42. The first kappa shape index (κ1) is 26.9. The molecule has 0 aliphatic carbocycles. The van der Waals surface area contributed by atoms with Gasteiger partial charge in [-0.15, -0.1) is 0 Å². The highest BCUT2D eigenvalue weighted by Crippen LogP contribution is 2.62. The van der Waals surface area contributed by atoms with E-state index in [0.717, 1.165) is 23.5 Å². The molecule has 4 amide bonds. The Morgan fingerprint density at radius 3 is 2.22 bits per heavy atom. The number of piperazine rings is 1. The van der Waals surface area contributed by atoms with Gasteiger partial charge in [0.15, 0.2) is 21.2 Å². The molecule has 1 aromatic carbocycles. The van der Waals surface area contributed by atoms with Crippen LogP contribution in [-0.4, -0.2) is 93.7 Å². The van der Waals surface area contributed by atoms with Crippen molar-refractivity contribution < 1.29 is 28.7 Å². The Morgan fingerprint density at radius 1 is 1.03 bits per heavy atom. The van der Waals surface area contributed by atoms with Crippen molar-refractivity contribution in [3.63, 3.8) is 0 Å². The van der Waals surface area contributed by atoms with Crippen molar-refractivity contribution in [1.29, 1.82) is 5.26 Å². The van der Waals surface area contributed by atoms with Crippen molar-refractivity contribution in [1.82, 2.24) is 19.6 Å². The number of amides is 4. The van der Waals surface area contributed by atoms with Gasteiger partial charge < -0.3 is 29.1 Å². The largest absolute Gasteiger partial charge is 0.454 e. The molecule has 1 aromatic rings. The summed E-state index contributed by atoms with van der Waals surface area (Å²) in [5, 5.41) is 9.55. The summed E-state index contributed by atoms with van der Waals surface area (Å²) in [5.74, 6) is -0.0872. The molecule has 4 atom stereocenters. The van der Waals surface area contributed by atoms with Crippen LogP contribution in [0.5, 0.6) is 11.5 Å². The summed E-state index contributed by atoms with van der Waals surface area (Å²) in [5.41, 5.74) is -0.689. The van der Waals surface area contributed by atoms with Crippen LogP contribution in [0, 0.1) is 16.7 Å². The minimum Gasteiger partial charge on any atom is -0.454 e. The van der Waals surface area contributed by atoms with Gasteiger partial charge in [0, 0.05) is 41.7 Å². The monoisotopic (exact) mass is 547 g/mol. The number of carbonyl (C=O) groups is 4. The van der Waals surface area contributed by atoms with Gasteiger partial charge in [-0.1, -0.05) is 6.07 Å². The molecule has 4 rings (SSSR count). The second-order valence-electron chi connectivity index (χ2n) is 10.1. The standard InChI is InChI=1S/C24H29N5O6S2/c1-22(12-25)11-24(37-21(33)27(5)6)19(31)28(7)23(2,36-20(32)26(3)4)18(30)29(24)17(22)14-8-9-15-16(10-14)35-13-34-15/h8-10,17H,11,13H2,1-7H3/t17?,22-,23+,24+/m1/s1. The van der Waals surface area contributed by atoms with E-state index < -0.39 is 43.5 Å². The summed E-state index contributed by atoms with van der Waals surface area (Å²) in [6.07, 6.45) is -0.0862. The average molecular weight is 548 g/mol. The van der Waals surface area contributed by atoms with Crippen LogP contribution in [0.1, 0.15) is 31.9 Å². The zero-order valence-electron chi connectivity index (χ0n) is 21.7. The molecule has 0 spiro atoms. The van der Waals surface area contributed by atoms with E-state index in [1.807, 2.05) is 0 Å². The number of nitrogens with zero attached hydrogens (tertiary/aromatic N) is 5. The van der Waals surface area contributed by atoms with Crippen molar-refractivity contribution in [2.75, 3.05) is 42.0 Å². The summed E-state index contributed by atoms with van der Waals surface area (Å²) in [6.45, 7) is 3.24. The first-order valence-corrected chi connectivity index (χ1v) is 13.1. The number of likely N-dealkylation sites (N-methyl/N-ethyl adjacent to an activating group) is 1. The van der Waals surface area contributed by atoms with Crippen molar-refractivity contribution in [3.05, 3.63) is 23.8 Å². The second-order valence-corrected chi connectivity index (χ2v) is 12.6. The topological polar surface area (TPSA) is 123 Å². The van der Waals surface area contributed by atoms with Crippen LogP contribution in [0.2, 0.25) is 0 Å². The number of hydrogen-bond donors (Lipinski definition) is 0. The highest BCUT2D eigenvalue weighted by Gasteiger charge is 2.72. The molecular weight excluding hydrogens is 518 g/mol. The molecule has 0 N–H and O–H groups in total. The Morgan fingerprint density at radius 2 is 1.62 bits per heavy atom. The van der Waals surface area contributed by atoms with Gasteiger partial charge in [-0.2, -0.15) is 5.26 Å². The summed E-state index contributed by atoms with van der Waals surface area (Å²) in [4.78, 5) is 56.4. The zero-order chi connectivity index (χ0) is 27.5. The van der Waals surface area contributed by atoms with Gasteiger partial charge in [-0.05, 0) is 55.1 Å². The van der Waals surface area contributed by atoms with Gasteiger partial charge in [0.05, 0.1) is 17.5 Å². The van der Waals surface area contributed by atoms with Crippen LogP contribution in [0.3, 0.4) is 0 Å². The summed E-state index contributed by atoms with van der Waals surface area (Å²) in [6, 6.07) is 6.54. The molecule has 1 unspecified atom stereocenters. The van der Waals surface area contributed by atoms with Crippen LogP contribution < -0.4 is 9.47 Å². The minimum atomic E-state index is -1.69. The maximum absolute atomic E-state index is 14.5. The first-order chi connectivity index (χ1) is 17.2. The van der Waals surface area contributed by atoms with Gasteiger partial charge in [-0.25, -0.2) is 0 Å². The number of hydrogen-bond acceptors (Lipinski definition) is 9. The smallest absolute Gasteiger partial charge is 0.283 e. The lowest BCUT2D eigenvalue weighted by Crippen LogP contribution is -2.71. The second kappa shape index (κ2) is 9.02. The molecule has 11 nitrogen and oxygen atoms in total. The lowest BCUT2D eigenvalue weighted by atomic mass is 9.79. The maximum atomic E-state index is 14.5. The minimum absolute atomic E-state index is 0.0450. The Hall–Kier alpha value is -3.11. The van der Waals surface area contributed by atoms with Gasteiger partial charge >= 0.3 is 0 Å². The number of ether oxygens (including phenoxy) is 2. The number of thioether (sulfide) groups is 2. The van der Waals surface area contributed by atoms with Gasteiger partial charge in [-0.3, -0.25) is 19.2 Å². The SMILES string of the molecule is CN(C)C(=O)S[C@@]1(C)C(=O)N2C(c3ccc4c(c3)OCO4)[C@@](C)(C#N)C[C@]2(SC(=O)N(C)C)C(=O)N1C. The molecule has 3 aliphatic rings. The lowest BCUT2D eigenvalue weighted by molar-refractivity contribution is -0.163. The number of fused-ring (bicyclic) bond motifs is 2. The molecule has 3 heterocycles. The van der Waals surface area contributed by atoms with E-state index in [9.17, 15) is 24.4 Å². The first-order valence-electron chi connectivity index (χ1n) is 11.5. The highest BCUT2D eigenvalue weighted by atomic mass is 32.2. The molecule has 0 saturated carbocycles. The van der Waals surface area contributed by atoms with E-state index in [2.05, 4.69) is 6.07 Å². The molecule has 0 aromatic heterocycles. The van der Waals surface area contributed by atoms with Crippen LogP contribution in [0.25, 0.3) is 0 Å². The molecule has 13 heteroatoms. The molecule has 0 bridgehead atoms. The van der Waals surface area contributed by atoms with Crippen LogP contribution in [0.15, 0.2) is 18.2 Å². The van der Waals surface area contributed by atoms with E-state index >= 15 is 0 Å². The fourth-order valence-corrected chi connectivity index (χ4v) is 7.18. The fourth-order valence-electron chi connectivity index (χ4n) is 4.89. The summed E-state index contributed by atoms with van der Waals surface area (Å²) < 4.78 is 11.0. The molecule has 0 radical (unpaired) electrons. The zero-order valence-corrected chi connectivity index (χ0v) is 23.4. The van der Waals surface area contributed by atoms with E-state index in [1.54, 1.807) is 53.3 Å². The third-order valence-corrected chi connectivity index (χ3v) is 9.77. The van der Waals surface area contributed by atoms with Crippen LogP contribution >= 0.6 is 23.5 Å². The predicted molar refractivity (Wildman–Crippen MR) is 138 cm³/mol. The third-order valence-electron chi connectivity index (χ3n) is 6.99. The maximum Gasteiger partial charge on any atom is 0.283 e. The lowest BCUT2D eigenvalue weighted by Gasteiger charge is -2.52. The molecular formula is C24H29N5O6S2. The predicted octanol–water partition coefficient (Wildman–Crippen LogP) is 2.93. The van der Waals surface area contributed by atoms with Gasteiger partial charge in [0.25, 0.3) is 22.3 Å². The molecule has 198 valence electrons. The number of nitriles is 1. The van der Waals surface area contributed by atoms with E-state index in [1.165, 1.54) is 33.6 Å².